The Kier molecular flexibility index (Phi) is 5.27. The Morgan fingerprint density at radius 1 is 1.14 bits per heavy atom. The summed E-state index contributed by atoms with van der Waals surface area (Å²) in [7, 11) is 0. The molecule has 0 saturated carbocycles. The summed E-state index contributed by atoms with van der Waals surface area (Å²) in [6.07, 6.45) is 3.22. The predicted molar refractivity (Wildman–Crippen MR) is 103 cm³/mol. The van der Waals surface area contributed by atoms with Gasteiger partial charge in [-0.05, 0) is 24.3 Å². The molecular weight excluding hydrogens is 384 g/mol. The van der Waals surface area contributed by atoms with E-state index in [2.05, 4.69) is 20.1 Å². The van der Waals surface area contributed by atoms with E-state index >= 15 is 0 Å². The van der Waals surface area contributed by atoms with Gasteiger partial charge < -0.3 is 14.5 Å². The third-order valence-corrected chi connectivity index (χ3v) is 5.03. The van der Waals surface area contributed by atoms with Crippen LogP contribution in [0.3, 0.4) is 0 Å². The molecule has 1 aliphatic rings. The molecule has 0 atom stereocenters. The van der Waals surface area contributed by atoms with Gasteiger partial charge >= 0.3 is 5.97 Å². The Bertz CT molecular complexity index is 933. The number of carboxylic acid groups (broad SMARTS) is 1. The molecule has 0 radical (unpaired) electrons. The number of nitrogens with zero attached hydrogens (tertiary/aromatic N) is 6. The van der Waals surface area contributed by atoms with Crippen molar-refractivity contribution in [2.45, 2.75) is 6.54 Å². The molecular formula is C18H19ClN6O3. The lowest BCUT2D eigenvalue weighted by Crippen LogP contribution is -2.47. The van der Waals surface area contributed by atoms with E-state index in [-0.39, 0.29) is 11.3 Å². The number of aromatic carboxylic acids is 1. The molecule has 2 aromatic heterocycles. The van der Waals surface area contributed by atoms with Gasteiger partial charge in [0.1, 0.15) is 12.7 Å². The fourth-order valence-corrected chi connectivity index (χ4v) is 3.39. The first-order chi connectivity index (χ1) is 13.6. The van der Waals surface area contributed by atoms with Gasteiger partial charge in [0.15, 0.2) is 17.1 Å². The minimum absolute atomic E-state index is 0.0818. The number of anilines is 1. The fraction of sp³-hybridized carbons (Fsp3) is 0.333. The molecule has 3 aromatic rings. The van der Waals surface area contributed by atoms with Crippen LogP contribution in [0.4, 0.5) is 5.82 Å². The van der Waals surface area contributed by atoms with Gasteiger partial charge in [-0.1, -0.05) is 16.8 Å². The van der Waals surface area contributed by atoms with Crippen LogP contribution in [0, 0.1) is 0 Å². The molecule has 0 aliphatic carbocycles. The minimum atomic E-state index is -1.06. The van der Waals surface area contributed by atoms with E-state index in [9.17, 15) is 9.90 Å². The number of hydrogen-bond acceptors (Lipinski definition) is 7. The number of aromatic nitrogens is 4. The molecule has 146 valence electrons. The van der Waals surface area contributed by atoms with E-state index in [1.165, 1.54) is 6.33 Å². The summed E-state index contributed by atoms with van der Waals surface area (Å²) in [4.78, 5) is 20.1. The molecule has 1 N–H and O–H groups in total. The Balaban J connectivity index is 1.46. The quantitative estimate of drug-likeness (QED) is 0.669. The monoisotopic (exact) mass is 402 g/mol. The largest absolute Gasteiger partial charge is 0.477 e. The highest BCUT2D eigenvalue weighted by Gasteiger charge is 2.29. The first kappa shape index (κ1) is 18.5. The van der Waals surface area contributed by atoms with Crippen LogP contribution in [0.5, 0.6) is 0 Å². The van der Waals surface area contributed by atoms with Crippen LogP contribution >= 0.6 is 11.6 Å². The highest BCUT2D eigenvalue weighted by molar-refractivity contribution is 6.30. The number of carboxylic acids is 1. The Morgan fingerprint density at radius 3 is 2.54 bits per heavy atom. The summed E-state index contributed by atoms with van der Waals surface area (Å²) in [6, 6.07) is 6.83. The second-order valence-corrected chi connectivity index (χ2v) is 6.95. The highest BCUT2D eigenvalue weighted by atomic mass is 35.5. The van der Waals surface area contributed by atoms with Crippen molar-refractivity contribution in [3.8, 4) is 11.3 Å². The van der Waals surface area contributed by atoms with Gasteiger partial charge in [-0.2, -0.15) is 5.10 Å². The summed E-state index contributed by atoms with van der Waals surface area (Å²) < 4.78 is 7.21. The van der Waals surface area contributed by atoms with Crippen LogP contribution in [0.15, 0.2) is 41.4 Å². The van der Waals surface area contributed by atoms with Crippen LogP contribution < -0.4 is 4.90 Å². The number of benzene rings is 1. The van der Waals surface area contributed by atoms with Gasteiger partial charge in [-0.3, -0.25) is 9.58 Å². The van der Waals surface area contributed by atoms with Crippen molar-refractivity contribution < 1.29 is 14.4 Å². The number of carbonyl (C=O) groups is 1. The van der Waals surface area contributed by atoms with Gasteiger partial charge in [0.05, 0.1) is 6.54 Å². The first-order valence-corrected chi connectivity index (χ1v) is 9.28. The number of hydrogen-bond donors (Lipinski definition) is 1. The molecule has 1 aliphatic heterocycles. The molecule has 0 amide bonds. The topological polar surface area (TPSA) is 101 Å². The van der Waals surface area contributed by atoms with E-state index < -0.39 is 5.97 Å². The molecule has 4 rings (SSSR count). The van der Waals surface area contributed by atoms with E-state index in [1.54, 1.807) is 35.3 Å². The highest BCUT2D eigenvalue weighted by Crippen LogP contribution is 2.32. The summed E-state index contributed by atoms with van der Waals surface area (Å²) in [5, 5.41) is 18.5. The standard InChI is InChI=1S/C18H19ClN6O3/c19-14-3-1-13(2-4-14)16-15(18(26)27)17(22-28-16)24-8-5-23(6-9-24)7-10-25-12-20-11-21-25/h1-4,11-12H,5-10H2,(H,26,27). The summed E-state index contributed by atoms with van der Waals surface area (Å²) >= 11 is 5.92. The van der Waals surface area contributed by atoms with E-state index in [1.807, 2.05) is 4.90 Å². The molecule has 0 unspecified atom stereocenters. The average Bonchev–Trinajstić information content (AvgIpc) is 3.37. The Morgan fingerprint density at radius 2 is 1.89 bits per heavy atom. The maximum atomic E-state index is 11.9. The normalized spacial score (nSPS) is 15.1. The van der Waals surface area contributed by atoms with E-state index in [0.29, 0.717) is 29.5 Å². The lowest BCUT2D eigenvalue weighted by atomic mass is 10.1. The summed E-state index contributed by atoms with van der Waals surface area (Å²) in [5.41, 5.74) is 0.713. The lowest BCUT2D eigenvalue weighted by molar-refractivity contribution is 0.0697. The third kappa shape index (κ3) is 3.85. The molecule has 28 heavy (non-hydrogen) atoms. The zero-order valence-electron chi connectivity index (χ0n) is 15.0. The predicted octanol–water partition coefficient (Wildman–Crippen LogP) is 2.11. The van der Waals surface area contributed by atoms with Gasteiger partial charge in [-0.25, -0.2) is 9.78 Å². The van der Waals surface area contributed by atoms with E-state index in [0.717, 1.165) is 26.2 Å². The summed E-state index contributed by atoms with van der Waals surface area (Å²) in [6.45, 7) is 4.57. The molecule has 0 bridgehead atoms. The fourth-order valence-electron chi connectivity index (χ4n) is 3.26. The van der Waals surface area contributed by atoms with Crippen molar-refractivity contribution in [2.24, 2.45) is 0 Å². The zero-order chi connectivity index (χ0) is 19.5. The number of rotatable bonds is 6. The molecule has 0 spiro atoms. The van der Waals surface area contributed by atoms with Crippen LogP contribution in [0.2, 0.25) is 5.02 Å². The van der Waals surface area contributed by atoms with Gasteiger partial charge in [0.2, 0.25) is 0 Å². The van der Waals surface area contributed by atoms with Gasteiger partial charge in [0.25, 0.3) is 0 Å². The average molecular weight is 403 g/mol. The van der Waals surface area contributed by atoms with Crippen molar-refractivity contribution in [1.82, 2.24) is 24.8 Å². The van der Waals surface area contributed by atoms with Crippen molar-refractivity contribution in [3.05, 3.63) is 47.5 Å². The SMILES string of the molecule is O=C(O)c1c(N2CCN(CCn3cncn3)CC2)noc1-c1ccc(Cl)cc1. The molecule has 1 aromatic carbocycles. The van der Waals surface area contributed by atoms with Crippen LogP contribution in [-0.4, -0.2) is 68.6 Å². The number of piperazine rings is 1. The van der Waals surface area contributed by atoms with Crippen LogP contribution in [0.25, 0.3) is 11.3 Å². The molecule has 3 heterocycles. The lowest BCUT2D eigenvalue weighted by Gasteiger charge is -2.34. The van der Waals surface area contributed by atoms with Crippen molar-refractivity contribution in [3.63, 3.8) is 0 Å². The van der Waals surface area contributed by atoms with E-state index in [4.69, 9.17) is 16.1 Å². The first-order valence-electron chi connectivity index (χ1n) is 8.90. The van der Waals surface area contributed by atoms with Gasteiger partial charge in [0, 0.05) is 43.3 Å². The third-order valence-electron chi connectivity index (χ3n) is 4.78. The van der Waals surface area contributed by atoms with Crippen molar-refractivity contribution in [1.29, 1.82) is 0 Å². The minimum Gasteiger partial charge on any atom is -0.477 e. The second kappa shape index (κ2) is 7.99. The van der Waals surface area contributed by atoms with Crippen LogP contribution in [0.1, 0.15) is 10.4 Å². The maximum Gasteiger partial charge on any atom is 0.343 e. The second-order valence-electron chi connectivity index (χ2n) is 6.51. The molecule has 1 fully saturated rings. The van der Waals surface area contributed by atoms with Gasteiger partial charge in [-0.15, -0.1) is 0 Å². The maximum absolute atomic E-state index is 11.9. The summed E-state index contributed by atoms with van der Waals surface area (Å²) in [5.74, 6) is -0.448. The molecule has 1 saturated heterocycles. The zero-order valence-corrected chi connectivity index (χ0v) is 15.8. The Labute approximate surface area is 166 Å². The molecule has 10 heteroatoms. The number of halogens is 1. The van der Waals surface area contributed by atoms with Crippen molar-refractivity contribution >= 4 is 23.4 Å². The Hall–Kier alpha value is -2.91. The van der Waals surface area contributed by atoms with Crippen LogP contribution in [-0.2, 0) is 6.54 Å². The smallest absolute Gasteiger partial charge is 0.343 e. The molecule has 9 nitrogen and oxygen atoms in total. The van der Waals surface area contributed by atoms with Crippen molar-refractivity contribution in [2.75, 3.05) is 37.6 Å².